The first-order valence-electron chi connectivity index (χ1n) is 7.19. The van der Waals surface area contributed by atoms with Gasteiger partial charge in [0.15, 0.2) is 0 Å². The van der Waals surface area contributed by atoms with Crippen molar-refractivity contribution in [2.75, 3.05) is 14.1 Å². The van der Waals surface area contributed by atoms with Crippen molar-refractivity contribution in [2.45, 2.75) is 72.3 Å². The highest BCUT2D eigenvalue weighted by atomic mass is 15.1. The molecule has 0 aromatic carbocycles. The van der Waals surface area contributed by atoms with Gasteiger partial charge in [0, 0.05) is 6.04 Å². The smallest absolute Gasteiger partial charge is 0.0117 e. The van der Waals surface area contributed by atoms with Crippen molar-refractivity contribution in [3.63, 3.8) is 0 Å². The van der Waals surface area contributed by atoms with E-state index in [1.54, 1.807) is 0 Å². The average Bonchev–Trinajstić information content (AvgIpc) is 2.20. The monoisotopic (exact) mass is 227 g/mol. The fraction of sp³-hybridized carbons (Fsp3) is 1.00. The van der Waals surface area contributed by atoms with Crippen LogP contribution in [0.25, 0.3) is 0 Å². The maximum atomic E-state index is 2.45. The van der Waals surface area contributed by atoms with Crippen molar-refractivity contribution < 1.29 is 0 Å². The van der Waals surface area contributed by atoms with Crippen LogP contribution >= 0.6 is 0 Å². The Morgan fingerprint density at radius 3 is 1.94 bits per heavy atom. The van der Waals surface area contributed by atoms with E-state index in [-0.39, 0.29) is 0 Å². The van der Waals surface area contributed by atoms with Crippen LogP contribution in [0.4, 0.5) is 0 Å². The van der Waals surface area contributed by atoms with Crippen LogP contribution in [0.5, 0.6) is 0 Å². The van der Waals surface area contributed by atoms with Crippen molar-refractivity contribution in [1.82, 2.24) is 4.90 Å². The van der Waals surface area contributed by atoms with Crippen molar-refractivity contribution in [3.8, 4) is 0 Å². The molecule has 0 aromatic heterocycles. The van der Waals surface area contributed by atoms with Crippen LogP contribution in [0, 0.1) is 11.8 Å². The van der Waals surface area contributed by atoms with Crippen LogP contribution in [0.2, 0.25) is 0 Å². The summed E-state index contributed by atoms with van der Waals surface area (Å²) < 4.78 is 0. The Hall–Kier alpha value is -0.0400. The van der Waals surface area contributed by atoms with Gasteiger partial charge in [-0.25, -0.2) is 0 Å². The molecule has 2 atom stereocenters. The van der Waals surface area contributed by atoms with E-state index in [1.807, 2.05) is 0 Å². The molecule has 0 aliphatic carbocycles. The SMILES string of the molecule is CCCCC(CC(C)C)C(CCC)N(C)C. The first-order chi connectivity index (χ1) is 7.52. The van der Waals surface area contributed by atoms with Gasteiger partial charge in [-0.15, -0.1) is 0 Å². The third-order valence-corrected chi connectivity index (χ3v) is 3.49. The molecule has 16 heavy (non-hydrogen) atoms. The molecule has 0 saturated carbocycles. The van der Waals surface area contributed by atoms with Crippen molar-refractivity contribution in [2.24, 2.45) is 11.8 Å². The van der Waals surface area contributed by atoms with Gasteiger partial charge in [-0.3, -0.25) is 0 Å². The van der Waals surface area contributed by atoms with E-state index in [1.165, 1.54) is 38.5 Å². The van der Waals surface area contributed by atoms with Gasteiger partial charge in [0.1, 0.15) is 0 Å². The molecule has 0 aromatic rings. The second kappa shape index (κ2) is 9.04. The van der Waals surface area contributed by atoms with Crippen molar-refractivity contribution in [3.05, 3.63) is 0 Å². The summed E-state index contributed by atoms with van der Waals surface area (Å²) in [6, 6.07) is 0.791. The summed E-state index contributed by atoms with van der Waals surface area (Å²) in [6.07, 6.45) is 8.20. The minimum atomic E-state index is 0.791. The topological polar surface area (TPSA) is 3.24 Å². The summed E-state index contributed by atoms with van der Waals surface area (Å²) in [5, 5.41) is 0. The molecule has 0 aliphatic rings. The Morgan fingerprint density at radius 1 is 0.938 bits per heavy atom. The minimum Gasteiger partial charge on any atom is -0.306 e. The minimum absolute atomic E-state index is 0.791. The molecule has 0 fully saturated rings. The van der Waals surface area contributed by atoms with E-state index in [0.717, 1.165) is 17.9 Å². The van der Waals surface area contributed by atoms with Crippen LogP contribution in [-0.2, 0) is 0 Å². The predicted octanol–water partition coefficient (Wildman–Crippen LogP) is 4.57. The molecule has 1 nitrogen and oxygen atoms in total. The molecule has 1 heteroatoms. The molecule has 0 radical (unpaired) electrons. The normalized spacial score (nSPS) is 15.8. The maximum Gasteiger partial charge on any atom is 0.0117 e. The average molecular weight is 227 g/mol. The zero-order chi connectivity index (χ0) is 12.6. The predicted molar refractivity (Wildman–Crippen MR) is 74.9 cm³/mol. The van der Waals surface area contributed by atoms with Gasteiger partial charge in [0.05, 0.1) is 0 Å². The summed E-state index contributed by atoms with van der Waals surface area (Å²) in [6.45, 7) is 9.33. The third kappa shape index (κ3) is 6.52. The quantitative estimate of drug-likeness (QED) is 0.558. The summed E-state index contributed by atoms with van der Waals surface area (Å²) in [4.78, 5) is 2.45. The molecule has 0 N–H and O–H groups in total. The molecule has 0 amide bonds. The summed E-state index contributed by atoms with van der Waals surface area (Å²) in [5.74, 6) is 1.73. The molecule has 0 rings (SSSR count). The summed E-state index contributed by atoms with van der Waals surface area (Å²) in [5.41, 5.74) is 0. The highest BCUT2D eigenvalue weighted by molar-refractivity contribution is 4.77. The van der Waals surface area contributed by atoms with E-state index in [9.17, 15) is 0 Å². The molecular weight excluding hydrogens is 194 g/mol. The third-order valence-electron chi connectivity index (χ3n) is 3.49. The van der Waals surface area contributed by atoms with Gasteiger partial charge >= 0.3 is 0 Å². The zero-order valence-electron chi connectivity index (χ0n) is 12.4. The van der Waals surface area contributed by atoms with Crippen molar-refractivity contribution in [1.29, 1.82) is 0 Å². The fourth-order valence-corrected chi connectivity index (χ4v) is 2.75. The Balaban J connectivity index is 4.39. The molecule has 0 saturated heterocycles. The Kier molecular flexibility index (Phi) is 9.02. The summed E-state index contributed by atoms with van der Waals surface area (Å²) >= 11 is 0. The fourth-order valence-electron chi connectivity index (χ4n) is 2.75. The Bertz CT molecular complexity index is 152. The van der Waals surface area contributed by atoms with Crippen LogP contribution in [-0.4, -0.2) is 25.0 Å². The molecule has 0 spiro atoms. The van der Waals surface area contributed by atoms with Crippen molar-refractivity contribution >= 4 is 0 Å². The molecule has 0 aliphatic heterocycles. The van der Waals surface area contributed by atoms with Gasteiger partial charge in [0.2, 0.25) is 0 Å². The Morgan fingerprint density at radius 2 is 1.56 bits per heavy atom. The molecular formula is C15H33N. The Labute approximate surface area is 104 Å². The van der Waals surface area contributed by atoms with Gasteiger partial charge in [-0.05, 0) is 45.2 Å². The van der Waals surface area contributed by atoms with Crippen LogP contribution < -0.4 is 0 Å². The molecule has 2 unspecified atom stereocenters. The van der Waals surface area contributed by atoms with E-state index < -0.39 is 0 Å². The lowest BCUT2D eigenvalue weighted by Crippen LogP contribution is -2.36. The zero-order valence-corrected chi connectivity index (χ0v) is 12.4. The van der Waals surface area contributed by atoms with E-state index in [2.05, 4.69) is 46.7 Å². The number of hydrogen-bond acceptors (Lipinski definition) is 1. The number of unbranched alkanes of at least 4 members (excludes halogenated alkanes) is 1. The van der Waals surface area contributed by atoms with Gasteiger partial charge < -0.3 is 4.90 Å². The second-order valence-corrected chi connectivity index (χ2v) is 5.85. The first kappa shape index (κ1) is 16.0. The van der Waals surface area contributed by atoms with E-state index >= 15 is 0 Å². The first-order valence-corrected chi connectivity index (χ1v) is 7.19. The van der Waals surface area contributed by atoms with Crippen LogP contribution in [0.3, 0.4) is 0 Å². The van der Waals surface area contributed by atoms with Gasteiger partial charge in [-0.2, -0.15) is 0 Å². The lowest BCUT2D eigenvalue weighted by atomic mass is 9.84. The molecule has 0 bridgehead atoms. The highest BCUT2D eigenvalue weighted by Crippen LogP contribution is 2.26. The lowest BCUT2D eigenvalue weighted by molar-refractivity contribution is 0.165. The maximum absolute atomic E-state index is 2.45. The van der Waals surface area contributed by atoms with Crippen LogP contribution in [0.1, 0.15) is 66.2 Å². The largest absolute Gasteiger partial charge is 0.306 e. The second-order valence-electron chi connectivity index (χ2n) is 5.85. The molecule has 98 valence electrons. The summed E-state index contributed by atoms with van der Waals surface area (Å²) in [7, 11) is 4.50. The number of hydrogen-bond donors (Lipinski definition) is 0. The molecule has 0 heterocycles. The lowest BCUT2D eigenvalue weighted by Gasteiger charge is -2.33. The van der Waals surface area contributed by atoms with Gasteiger partial charge in [0.25, 0.3) is 0 Å². The van der Waals surface area contributed by atoms with E-state index in [4.69, 9.17) is 0 Å². The highest BCUT2D eigenvalue weighted by Gasteiger charge is 2.22. The number of rotatable bonds is 9. The van der Waals surface area contributed by atoms with Gasteiger partial charge in [-0.1, -0.05) is 47.0 Å². The number of nitrogens with zero attached hydrogens (tertiary/aromatic N) is 1. The van der Waals surface area contributed by atoms with E-state index in [0.29, 0.717) is 0 Å². The standard InChI is InChI=1S/C15H33N/c1-7-9-11-14(12-13(3)4)15(10-8-2)16(5)6/h13-15H,7-12H2,1-6H3. The van der Waals surface area contributed by atoms with Crippen LogP contribution in [0.15, 0.2) is 0 Å².